The van der Waals surface area contributed by atoms with Crippen molar-refractivity contribution in [2.24, 2.45) is 0 Å². The molecule has 2 aromatic rings. The van der Waals surface area contributed by atoms with Gasteiger partial charge in [0.1, 0.15) is 0 Å². The fraction of sp³-hybridized carbons (Fsp3) is 0.294. The van der Waals surface area contributed by atoms with E-state index in [0.717, 1.165) is 38.2 Å². The highest BCUT2D eigenvalue weighted by Gasteiger charge is 2.13. The van der Waals surface area contributed by atoms with E-state index < -0.39 is 0 Å². The number of halogens is 1. The van der Waals surface area contributed by atoms with Crippen LogP contribution in [0.2, 0.25) is 5.15 Å². The van der Waals surface area contributed by atoms with E-state index in [-0.39, 0.29) is 0 Å². The van der Waals surface area contributed by atoms with Gasteiger partial charge >= 0.3 is 0 Å². The molecular weight excluding hydrogens is 282 g/mol. The Morgan fingerprint density at radius 3 is 2.52 bits per heavy atom. The second kappa shape index (κ2) is 6.72. The maximum Gasteiger partial charge on any atom is 0.151 e. The molecule has 1 aromatic heterocycles. The van der Waals surface area contributed by atoms with Crippen LogP contribution in [0, 0.1) is 0 Å². The molecule has 0 fully saturated rings. The van der Waals surface area contributed by atoms with Crippen molar-refractivity contribution >= 4 is 17.4 Å². The molecule has 108 valence electrons. The number of hydrogen-bond acceptors (Lipinski definition) is 3. The monoisotopic (exact) mass is 299 g/mol. The predicted molar refractivity (Wildman–Crippen MR) is 86.7 cm³/mol. The van der Waals surface area contributed by atoms with Crippen molar-refractivity contribution in [1.82, 2.24) is 10.2 Å². The zero-order chi connectivity index (χ0) is 14.5. The van der Waals surface area contributed by atoms with Gasteiger partial charge < -0.3 is 4.90 Å². The molecule has 0 unspecified atom stereocenters. The smallest absolute Gasteiger partial charge is 0.151 e. The van der Waals surface area contributed by atoms with Gasteiger partial charge in [0.25, 0.3) is 0 Å². The molecular formula is C17H18ClN3. The molecule has 3 nitrogen and oxygen atoms in total. The van der Waals surface area contributed by atoms with Crippen LogP contribution in [0.4, 0.5) is 5.82 Å². The molecule has 3 rings (SSSR count). The number of benzene rings is 1. The summed E-state index contributed by atoms with van der Waals surface area (Å²) in [4.78, 5) is 2.23. The third kappa shape index (κ3) is 3.82. The number of aromatic nitrogens is 2. The highest BCUT2D eigenvalue weighted by Crippen LogP contribution is 2.21. The molecule has 1 aliphatic rings. The third-order valence-electron chi connectivity index (χ3n) is 3.82. The van der Waals surface area contributed by atoms with E-state index in [9.17, 15) is 0 Å². The Labute approximate surface area is 130 Å². The maximum atomic E-state index is 5.77. The Morgan fingerprint density at radius 1 is 1.00 bits per heavy atom. The van der Waals surface area contributed by atoms with E-state index in [2.05, 4.69) is 51.5 Å². The lowest BCUT2D eigenvalue weighted by molar-refractivity contribution is 0.730. The van der Waals surface area contributed by atoms with E-state index in [1.165, 1.54) is 11.1 Å². The zero-order valence-electron chi connectivity index (χ0n) is 11.9. The van der Waals surface area contributed by atoms with E-state index >= 15 is 0 Å². The Morgan fingerprint density at radius 2 is 1.86 bits per heavy atom. The van der Waals surface area contributed by atoms with E-state index in [4.69, 9.17) is 11.6 Å². The standard InChI is InChI=1S/C17H18ClN3/c18-16-8-9-17(20-19-16)21-12-10-15(11-13-21)7-6-14-4-2-1-3-5-14/h1-5,8-10H,6-7,11-13H2. The predicted octanol–water partition coefficient (Wildman–Crippen LogP) is 3.90. The molecule has 0 bridgehead atoms. The van der Waals surface area contributed by atoms with Gasteiger partial charge in [-0.25, -0.2) is 0 Å². The lowest BCUT2D eigenvalue weighted by atomic mass is 10.00. The van der Waals surface area contributed by atoms with Crippen molar-refractivity contribution < 1.29 is 0 Å². The van der Waals surface area contributed by atoms with E-state index in [1.807, 2.05) is 6.07 Å². The molecule has 0 spiro atoms. The van der Waals surface area contributed by atoms with Crippen molar-refractivity contribution in [3.05, 3.63) is 64.8 Å². The Kier molecular flexibility index (Phi) is 4.51. The minimum atomic E-state index is 0.440. The Balaban J connectivity index is 1.55. The maximum absolute atomic E-state index is 5.77. The van der Waals surface area contributed by atoms with Crippen molar-refractivity contribution in [3.63, 3.8) is 0 Å². The first-order valence-corrected chi connectivity index (χ1v) is 7.65. The third-order valence-corrected chi connectivity index (χ3v) is 4.02. The quantitative estimate of drug-likeness (QED) is 0.802. The first-order chi connectivity index (χ1) is 10.3. The van der Waals surface area contributed by atoms with Gasteiger partial charge in [0.15, 0.2) is 11.0 Å². The van der Waals surface area contributed by atoms with E-state index in [0.29, 0.717) is 5.15 Å². The molecule has 0 saturated carbocycles. The molecule has 0 amide bonds. The highest BCUT2D eigenvalue weighted by atomic mass is 35.5. The summed E-state index contributed by atoms with van der Waals surface area (Å²) in [5.41, 5.74) is 2.95. The van der Waals surface area contributed by atoms with Crippen molar-refractivity contribution in [1.29, 1.82) is 0 Å². The van der Waals surface area contributed by atoms with Gasteiger partial charge in [-0.05, 0) is 37.0 Å². The molecule has 0 N–H and O–H groups in total. The summed E-state index contributed by atoms with van der Waals surface area (Å²) < 4.78 is 0. The van der Waals surface area contributed by atoms with Gasteiger partial charge in [0, 0.05) is 13.1 Å². The van der Waals surface area contributed by atoms with Crippen LogP contribution in [-0.2, 0) is 6.42 Å². The van der Waals surface area contributed by atoms with Crippen LogP contribution in [-0.4, -0.2) is 23.3 Å². The van der Waals surface area contributed by atoms with Gasteiger partial charge in [-0.3, -0.25) is 0 Å². The molecule has 0 aliphatic carbocycles. The van der Waals surface area contributed by atoms with Gasteiger partial charge in [-0.15, -0.1) is 10.2 Å². The number of anilines is 1. The highest BCUT2D eigenvalue weighted by molar-refractivity contribution is 6.29. The molecule has 2 heterocycles. The molecule has 0 atom stereocenters. The molecule has 0 saturated heterocycles. The average molecular weight is 300 g/mol. The summed E-state index contributed by atoms with van der Waals surface area (Å²) in [5, 5.41) is 8.48. The van der Waals surface area contributed by atoms with Gasteiger partial charge in [0.2, 0.25) is 0 Å². The summed E-state index contributed by atoms with van der Waals surface area (Å²) in [6.07, 6.45) is 5.68. The molecule has 0 radical (unpaired) electrons. The molecule has 4 heteroatoms. The summed E-state index contributed by atoms with van der Waals surface area (Å²) in [6, 6.07) is 14.4. The van der Waals surface area contributed by atoms with Crippen molar-refractivity contribution in [2.45, 2.75) is 19.3 Å². The second-order valence-electron chi connectivity index (χ2n) is 5.26. The zero-order valence-corrected chi connectivity index (χ0v) is 12.6. The lowest BCUT2D eigenvalue weighted by Crippen LogP contribution is -2.29. The van der Waals surface area contributed by atoms with Gasteiger partial charge in [0.05, 0.1) is 0 Å². The summed E-state index contributed by atoms with van der Waals surface area (Å²) >= 11 is 5.77. The van der Waals surface area contributed by atoms with Crippen molar-refractivity contribution in [2.75, 3.05) is 18.0 Å². The fourth-order valence-corrected chi connectivity index (χ4v) is 2.67. The van der Waals surface area contributed by atoms with Crippen LogP contribution >= 0.6 is 11.6 Å². The fourth-order valence-electron chi connectivity index (χ4n) is 2.57. The van der Waals surface area contributed by atoms with Crippen LogP contribution in [0.5, 0.6) is 0 Å². The normalized spacial score (nSPS) is 14.9. The Hall–Kier alpha value is -1.87. The van der Waals surface area contributed by atoms with Crippen LogP contribution in [0.3, 0.4) is 0 Å². The number of rotatable bonds is 4. The Bertz CT molecular complexity index is 608. The SMILES string of the molecule is Clc1ccc(N2CC=C(CCc3ccccc3)CC2)nn1. The van der Waals surface area contributed by atoms with Crippen LogP contribution in [0.1, 0.15) is 18.4 Å². The summed E-state index contributed by atoms with van der Waals surface area (Å²) in [5.74, 6) is 0.901. The van der Waals surface area contributed by atoms with Crippen LogP contribution in [0.15, 0.2) is 54.1 Å². The van der Waals surface area contributed by atoms with Gasteiger partial charge in [-0.1, -0.05) is 53.6 Å². The van der Waals surface area contributed by atoms with Crippen LogP contribution in [0.25, 0.3) is 0 Å². The topological polar surface area (TPSA) is 29.0 Å². The minimum Gasteiger partial charge on any atom is -0.351 e. The molecule has 21 heavy (non-hydrogen) atoms. The van der Waals surface area contributed by atoms with Crippen molar-refractivity contribution in [3.8, 4) is 0 Å². The summed E-state index contributed by atoms with van der Waals surface area (Å²) in [7, 11) is 0. The minimum absolute atomic E-state index is 0.440. The second-order valence-corrected chi connectivity index (χ2v) is 5.65. The first-order valence-electron chi connectivity index (χ1n) is 7.27. The molecule has 1 aliphatic heterocycles. The number of hydrogen-bond donors (Lipinski definition) is 0. The number of nitrogens with zero attached hydrogens (tertiary/aromatic N) is 3. The van der Waals surface area contributed by atoms with Crippen LogP contribution < -0.4 is 4.90 Å². The van der Waals surface area contributed by atoms with E-state index in [1.54, 1.807) is 6.07 Å². The average Bonchev–Trinajstić information content (AvgIpc) is 2.55. The number of aryl methyl sites for hydroxylation is 1. The molecule has 1 aromatic carbocycles. The summed E-state index contributed by atoms with van der Waals surface area (Å²) in [6.45, 7) is 1.90. The van der Waals surface area contributed by atoms with Gasteiger partial charge in [-0.2, -0.15) is 0 Å². The largest absolute Gasteiger partial charge is 0.351 e. The first kappa shape index (κ1) is 14.1. The lowest BCUT2D eigenvalue weighted by Gasteiger charge is -2.27.